The highest BCUT2D eigenvalue weighted by atomic mass is 35.5. The van der Waals surface area contributed by atoms with Crippen LogP contribution in [0.4, 0.5) is 0 Å². The summed E-state index contributed by atoms with van der Waals surface area (Å²) in [5, 5.41) is 10.5. The summed E-state index contributed by atoms with van der Waals surface area (Å²) in [7, 11) is 0. The lowest BCUT2D eigenvalue weighted by atomic mass is 9.83. The molecule has 2 rings (SSSR count). The van der Waals surface area contributed by atoms with Gasteiger partial charge in [-0.3, -0.25) is 4.90 Å². The van der Waals surface area contributed by atoms with E-state index >= 15 is 0 Å². The van der Waals surface area contributed by atoms with Crippen LogP contribution in [0.15, 0.2) is 23.3 Å². The van der Waals surface area contributed by atoms with E-state index in [-0.39, 0.29) is 11.6 Å². The quantitative estimate of drug-likeness (QED) is 0.822. The molecule has 4 heteroatoms. The van der Waals surface area contributed by atoms with Gasteiger partial charge >= 0.3 is 0 Å². The predicted octanol–water partition coefficient (Wildman–Crippen LogP) is 2.00. The highest BCUT2D eigenvalue weighted by Crippen LogP contribution is 2.34. The summed E-state index contributed by atoms with van der Waals surface area (Å²) in [6.07, 6.45) is 11.0. The van der Waals surface area contributed by atoms with Crippen molar-refractivity contribution in [1.29, 1.82) is 0 Å². The number of likely N-dealkylation sites (tertiary alicyclic amines) is 1. The lowest BCUT2D eigenvalue weighted by Gasteiger charge is -2.46. The van der Waals surface area contributed by atoms with Gasteiger partial charge in [-0.2, -0.15) is 0 Å². The van der Waals surface area contributed by atoms with Crippen LogP contribution in [0.25, 0.3) is 0 Å². The molecule has 0 aromatic rings. The lowest BCUT2D eigenvalue weighted by molar-refractivity contribution is 0.0314. The van der Waals surface area contributed by atoms with Gasteiger partial charge in [0.05, 0.1) is 6.10 Å². The van der Waals surface area contributed by atoms with E-state index in [9.17, 15) is 5.11 Å². The first-order chi connectivity index (χ1) is 8.66. The number of aliphatic hydroxyl groups excluding tert-OH is 1. The van der Waals surface area contributed by atoms with E-state index in [0.717, 1.165) is 56.8 Å². The molecule has 102 valence electrons. The van der Waals surface area contributed by atoms with Crippen molar-refractivity contribution >= 4 is 11.6 Å². The Balaban J connectivity index is 2.08. The Kier molecular flexibility index (Phi) is 4.84. The second kappa shape index (κ2) is 6.20. The van der Waals surface area contributed by atoms with Crippen LogP contribution in [0.3, 0.4) is 0 Å². The highest BCUT2D eigenvalue weighted by molar-refractivity contribution is 6.31. The molecule has 0 spiro atoms. The molecule has 1 unspecified atom stereocenters. The van der Waals surface area contributed by atoms with Crippen molar-refractivity contribution in [2.75, 3.05) is 19.6 Å². The number of hydrogen-bond donors (Lipinski definition) is 2. The van der Waals surface area contributed by atoms with E-state index in [2.05, 4.69) is 17.1 Å². The Morgan fingerprint density at radius 3 is 2.72 bits per heavy atom. The molecule has 1 heterocycles. The topological polar surface area (TPSA) is 49.5 Å². The molecule has 0 radical (unpaired) electrons. The van der Waals surface area contributed by atoms with Gasteiger partial charge in [-0.15, -0.1) is 0 Å². The van der Waals surface area contributed by atoms with E-state index in [1.54, 1.807) is 0 Å². The maximum absolute atomic E-state index is 9.63. The Morgan fingerprint density at radius 2 is 2.17 bits per heavy atom. The van der Waals surface area contributed by atoms with Crippen molar-refractivity contribution in [1.82, 2.24) is 4.90 Å². The molecule has 0 aromatic carbocycles. The van der Waals surface area contributed by atoms with Gasteiger partial charge in [0.1, 0.15) is 0 Å². The molecule has 18 heavy (non-hydrogen) atoms. The number of halogens is 1. The molecular weight excluding hydrogens is 248 g/mol. The molecule has 1 aliphatic carbocycles. The minimum absolute atomic E-state index is 0.0674. The molecule has 0 amide bonds. The number of nitrogens with zero attached hydrogens (tertiary/aromatic N) is 1. The fraction of sp³-hybridized carbons (Fsp3) is 0.714. The van der Waals surface area contributed by atoms with Crippen LogP contribution in [0.5, 0.6) is 0 Å². The first-order valence-corrected chi connectivity index (χ1v) is 7.22. The molecule has 0 aromatic heterocycles. The summed E-state index contributed by atoms with van der Waals surface area (Å²) in [5.74, 6) is 0. The molecule has 3 nitrogen and oxygen atoms in total. The van der Waals surface area contributed by atoms with Gasteiger partial charge in [0.15, 0.2) is 0 Å². The third-order valence-electron chi connectivity index (χ3n) is 4.11. The monoisotopic (exact) mass is 270 g/mol. The number of aliphatic hydroxyl groups is 1. The van der Waals surface area contributed by atoms with Crippen LogP contribution in [-0.2, 0) is 0 Å². The minimum Gasteiger partial charge on any atom is -0.393 e. The molecule has 1 aliphatic heterocycles. The molecular formula is C14H23ClN2O. The van der Waals surface area contributed by atoms with E-state index in [1.807, 2.05) is 6.08 Å². The molecule has 1 saturated heterocycles. The van der Waals surface area contributed by atoms with Crippen molar-refractivity contribution in [3.63, 3.8) is 0 Å². The minimum atomic E-state index is -0.125. The average molecular weight is 271 g/mol. The molecule has 0 bridgehead atoms. The van der Waals surface area contributed by atoms with E-state index in [4.69, 9.17) is 17.3 Å². The first kappa shape index (κ1) is 14.1. The number of nitrogens with two attached hydrogens (primary N) is 1. The van der Waals surface area contributed by atoms with Gasteiger partial charge in [0, 0.05) is 23.7 Å². The van der Waals surface area contributed by atoms with Crippen LogP contribution in [0.1, 0.15) is 32.1 Å². The van der Waals surface area contributed by atoms with Crippen LogP contribution >= 0.6 is 11.6 Å². The number of hydrogen-bond acceptors (Lipinski definition) is 3. The second-order valence-corrected chi connectivity index (χ2v) is 5.78. The van der Waals surface area contributed by atoms with E-state index in [1.165, 1.54) is 0 Å². The van der Waals surface area contributed by atoms with Gasteiger partial charge in [-0.25, -0.2) is 0 Å². The fourth-order valence-corrected chi connectivity index (χ4v) is 3.08. The van der Waals surface area contributed by atoms with Gasteiger partial charge in [-0.1, -0.05) is 23.8 Å². The molecule has 2 aliphatic rings. The number of allylic oxidation sites excluding steroid dienone is 2. The zero-order valence-corrected chi connectivity index (χ0v) is 11.6. The lowest BCUT2D eigenvalue weighted by Crippen LogP contribution is -2.52. The molecule has 1 fully saturated rings. The van der Waals surface area contributed by atoms with Crippen LogP contribution in [0, 0.1) is 0 Å². The number of rotatable bonds is 4. The summed E-state index contributed by atoms with van der Waals surface area (Å²) >= 11 is 6.03. The first-order valence-electron chi connectivity index (χ1n) is 6.84. The van der Waals surface area contributed by atoms with Gasteiger partial charge in [0.25, 0.3) is 0 Å². The standard InChI is InChI=1S/C14H23ClN2O/c15-12-2-7-14(8-3-12,6-1-9-16)17-10-4-13(18)5-11-17/h2-3,7,13,18H,1,4-6,8-11,16H2. The highest BCUT2D eigenvalue weighted by Gasteiger charge is 2.36. The summed E-state index contributed by atoms with van der Waals surface area (Å²) in [6, 6.07) is 0. The normalized spacial score (nSPS) is 30.5. The van der Waals surface area contributed by atoms with Crippen molar-refractivity contribution in [2.24, 2.45) is 5.73 Å². The van der Waals surface area contributed by atoms with Gasteiger partial charge in [-0.05, 0) is 44.7 Å². The summed E-state index contributed by atoms with van der Waals surface area (Å²) in [6.45, 7) is 2.65. The Morgan fingerprint density at radius 1 is 1.44 bits per heavy atom. The van der Waals surface area contributed by atoms with E-state index < -0.39 is 0 Å². The Labute approximate surface area is 114 Å². The Bertz CT molecular complexity index is 335. The maximum Gasteiger partial charge on any atom is 0.0564 e. The van der Waals surface area contributed by atoms with Crippen LogP contribution < -0.4 is 5.73 Å². The smallest absolute Gasteiger partial charge is 0.0564 e. The molecule has 3 N–H and O–H groups in total. The third kappa shape index (κ3) is 3.15. The second-order valence-electron chi connectivity index (χ2n) is 5.34. The zero-order chi connectivity index (χ0) is 13.0. The van der Waals surface area contributed by atoms with Crippen molar-refractivity contribution < 1.29 is 5.11 Å². The van der Waals surface area contributed by atoms with Crippen molar-refractivity contribution in [3.8, 4) is 0 Å². The summed E-state index contributed by atoms with van der Waals surface area (Å²) in [4.78, 5) is 2.49. The van der Waals surface area contributed by atoms with Gasteiger partial charge in [0.2, 0.25) is 0 Å². The molecule has 0 saturated carbocycles. The average Bonchev–Trinajstić information content (AvgIpc) is 2.40. The van der Waals surface area contributed by atoms with Crippen molar-refractivity contribution in [3.05, 3.63) is 23.3 Å². The molecule has 1 atom stereocenters. The SMILES string of the molecule is NCCCC1(N2CCC(O)CC2)C=CC(Cl)=CC1. The van der Waals surface area contributed by atoms with Crippen LogP contribution in [-0.4, -0.2) is 41.3 Å². The Hall–Kier alpha value is -0.350. The van der Waals surface area contributed by atoms with Crippen LogP contribution in [0.2, 0.25) is 0 Å². The van der Waals surface area contributed by atoms with Crippen molar-refractivity contribution in [2.45, 2.75) is 43.7 Å². The summed E-state index contributed by atoms with van der Waals surface area (Å²) < 4.78 is 0. The largest absolute Gasteiger partial charge is 0.393 e. The maximum atomic E-state index is 9.63. The summed E-state index contributed by atoms with van der Waals surface area (Å²) in [5.41, 5.74) is 5.73. The zero-order valence-electron chi connectivity index (χ0n) is 10.8. The predicted molar refractivity (Wildman–Crippen MR) is 75.5 cm³/mol. The number of piperidine rings is 1. The van der Waals surface area contributed by atoms with E-state index in [0.29, 0.717) is 0 Å². The third-order valence-corrected chi connectivity index (χ3v) is 4.39. The fourth-order valence-electron chi connectivity index (χ4n) is 2.94. The van der Waals surface area contributed by atoms with Gasteiger partial charge < -0.3 is 10.8 Å².